The first-order valence-electron chi connectivity index (χ1n) is 16.1. The highest BCUT2D eigenvalue weighted by molar-refractivity contribution is 8.00. The summed E-state index contributed by atoms with van der Waals surface area (Å²) in [7, 11) is 2.27. The van der Waals surface area contributed by atoms with E-state index < -0.39 is 0 Å². The molecular formula is C33H44N8S. The van der Waals surface area contributed by atoms with Crippen LogP contribution in [0.3, 0.4) is 0 Å². The van der Waals surface area contributed by atoms with E-state index in [0.717, 1.165) is 39.3 Å². The second kappa shape index (κ2) is 10.4. The Labute approximate surface area is 254 Å². The van der Waals surface area contributed by atoms with Gasteiger partial charge in [0, 0.05) is 100 Å². The molecule has 7 atom stereocenters. The van der Waals surface area contributed by atoms with Crippen LogP contribution in [0, 0.1) is 23.7 Å². The van der Waals surface area contributed by atoms with Crippen molar-refractivity contribution in [2.24, 2.45) is 23.7 Å². The molecule has 222 valence electrons. The highest BCUT2D eigenvalue weighted by Crippen LogP contribution is 2.48. The van der Waals surface area contributed by atoms with Gasteiger partial charge in [-0.3, -0.25) is 20.9 Å². The lowest BCUT2D eigenvalue weighted by Gasteiger charge is -2.53. The average molecular weight is 585 g/mol. The number of piperidine rings is 1. The summed E-state index contributed by atoms with van der Waals surface area (Å²) in [6, 6.07) is 18.2. The molecule has 7 heterocycles. The van der Waals surface area contributed by atoms with Crippen molar-refractivity contribution >= 4 is 23.1 Å². The molecule has 9 rings (SSSR count). The van der Waals surface area contributed by atoms with Crippen LogP contribution < -0.4 is 31.5 Å². The van der Waals surface area contributed by atoms with Gasteiger partial charge in [0.25, 0.3) is 0 Å². The number of benzene rings is 2. The Kier molecular flexibility index (Phi) is 6.49. The normalized spacial score (nSPS) is 36.5. The zero-order valence-corrected chi connectivity index (χ0v) is 25.3. The molecule has 0 bridgehead atoms. The molecule has 0 amide bonds. The summed E-state index contributed by atoms with van der Waals surface area (Å²) in [5.74, 6) is 2.67. The number of hydrogen-bond donors (Lipinski definition) is 5. The number of likely N-dealkylation sites (tertiary alicyclic amines) is 2. The molecule has 7 aliphatic heterocycles. The van der Waals surface area contributed by atoms with Crippen molar-refractivity contribution in [2.45, 2.75) is 48.6 Å². The van der Waals surface area contributed by atoms with Crippen molar-refractivity contribution in [3.8, 4) is 0 Å². The molecule has 9 heteroatoms. The van der Waals surface area contributed by atoms with E-state index in [-0.39, 0.29) is 0 Å². The molecule has 7 unspecified atom stereocenters. The van der Waals surface area contributed by atoms with Gasteiger partial charge in [0.15, 0.2) is 0 Å². The van der Waals surface area contributed by atoms with Gasteiger partial charge in [-0.2, -0.15) is 0 Å². The number of thioether (sulfide) groups is 1. The summed E-state index contributed by atoms with van der Waals surface area (Å²) < 4.78 is 0. The van der Waals surface area contributed by atoms with Crippen molar-refractivity contribution in [3.05, 3.63) is 71.4 Å². The van der Waals surface area contributed by atoms with Crippen molar-refractivity contribution in [1.29, 1.82) is 0 Å². The van der Waals surface area contributed by atoms with Gasteiger partial charge in [-0.25, -0.2) is 0 Å². The minimum atomic E-state index is 0.370. The van der Waals surface area contributed by atoms with E-state index in [2.05, 4.69) is 115 Å². The minimum Gasteiger partial charge on any atom is -0.373 e. The number of rotatable bonds is 4. The first-order chi connectivity index (χ1) is 20.7. The van der Waals surface area contributed by atoms with Crippen LogP contribution in [-0.2, 0) is 13.1 Å². The quantitative estimate of drug-likeness (QED) is 0.373. The second-order valence-electron chi connectivity index (χ2n) is 13.7. The fourth-order valence-electron chi connectivity index (χ4n) is 8.81. The zero-order valence-electron chi connectivity index (χ0n) is 24.5. The molecule has 8 nitrogen and oxygen atoms in total. The Morgan fingerprint density at radius 1 is 0.786 bits per heavy atom. The van der Waals surface area contributed by atoms with Gasteiger partial charge in [0.1, 0.15) is 0 Å². The predicted molar refractivity (Wildman–Crippen MR) is 171 cm³/mol. The molecule has 0 radical (unpaired) electrons. The van der Waals surface area contributed by atoms with Gasteiger partial charge in [0.05, 0.1) is 23.1 Å². The summed E-state index contributed by atoms with van der Waals surface area (Å²) in [5, 5.41) is 20.4. The monoisotopic (exact) mass is 584 g/mol. The molecule has 0 aliphatic carbocycles. The molecular weight excluding hydrogens is 540 g/mol. The predicted octanol–water partition coefficient (Wildman–Crippen LogP) is 2.44. The Morgan fingerprint density at radius 2 is 1.60 bits per heavy atom. The van der Waals surface area contributed by atoms with Crippen molar-refractivity contribution in [2.75, 3.05) is 56.5 Å². The summed E-state index contributed by atoms with van der Waals surface area (Å²) in [6.45, 7) is 8.79. The van der Waals surface area contributed by atoms with E-state index in [0.29, 0.717) is 52.8 Å². The fraction of sp³-hybridized carbons (Fsp3) is 0.576. The van der Waals surface area contributed by atoms with Crippen LogP contribution in [0.4, 0.5) is 11.4 Å². The number of nitrogens with one attached hydrogen (secondary N) is 5. The van der Waals surface area contributed by atoms with Crippen LogP contribution >= 0.6 is 11.8 Å². The Hall–Kier alpha value is -2.27. The number of fused-ring (bicyclic) bond motifs is 5. The third-order valence-corrected chi connectivity index (χ3v) is 12.9. The largest absolute Gasteiger partial charge is 0.373 e. The highest BCUT2D eigenvalue weighted by atomic mass is 32.2. The van der Waals surface area contributed by atoms with E-state index in [4.69, 9.17) is 0 Å². The molecule has 2 aromatic carbocycles. The molecule has 0 saturated carbocycles. The Morgan fingerprint density at radius 3 is 2.50 bits per heavy atom. The summed E-state index contributed by atoms with van der Waals surface area (Å²) in [6.07, 6.45) is 4.80. The molecule has 7 aliphatic rings. The maximum Gasteiger partial charge on any atom is 0.0848 e. The number of hydrogen-bond acceptors (Lipinski definition) is 9. The van der Waals surface area contributed by atoms with Crippen molar-refractivity contribution < 1.29 is 0 Å². The van der Waals surface area contributed by atoms with Gasteiger partial charge in [-0.05, 0) is 35.6 Å². The van der Waals surface area contributed by atoms with Gasteiger partial charge in [-0.15, -0.1) is 11.8 Å². The summed E-state index contributed by atoms with van der Waals surface area (Å²) >= 11 is 2.15. The average Bonchev–Trinajstić information content (AvgIpc) is 3.34. The van der Waals surface area contributed by atoms with Gasteiger partial charge >= 0.3 is 0 Å². The molecule has 4 saturated heterocycles. The first kappa shape index (κ1) is 26.2. The molecule has 0 spiro atoms. The topological polar surface area (TPSA) is 69.9 Å². The van der Waals surface area contributed by atoms with Crippen molar-refractivity contribution in [3.63, 3.8) is 0 Å². The van der Waals surface area contributed by atoms with E-state index in [1.54, 1.807) is 0 Å². The fourth-order valence-corrected chi connectivity index (χ4v) is 10.5. The van der Waals surface area contributed by atoms with Crippen LogP contribution in [0.1, 0.15) is 17.5 Å². The van der Waals surface area contributed by atoms with E-state index in [9.17, 15) is 0 Å². The van der Waals surface area contributed by atoms with Crippen LogP contribution in [0.15, 0.2) is 60.3 Å². The summed E-state index contributed by atoms with van der Waals surface area (Å²) in [4.78, 5) is 7.88. The second-order valence-corrected chi connectivity index (χ2v) is 14.9. The van der Waals surface area contributed by atoms with E-state index in [1.165, 1.54) is 47.7 Å². The maximum absolute atomic E-state index is 3.98. The van der Waals surface area contributed by atoms with Crippen LogP contribution in [0.5, 0.6) is 0 Å². The Balaban J connectivity index is 0.810. The standard InChI is InChI=1S/C33H44N8S/c1-39-29-9-5-3-7-21(29)13-35-31(39)23-18-41(19-23)25-11-27-26-10-24(14-36-32(26)42-33(27)37-15-25)40-16-22(17-40)30-34-12-20-6-2-4-8-28(20)38-30/h2-10,22-23,25-27,30-38H,11-19H2,1H3. The van der Waals surface area contributed by atoms with Gasteiger partial charge in [-0.1, -0.05) is 42.5 Å². The van der Waals surface area contributed by atoms with E-state index >= 15 is 0 Å². The smallest absolute Gasteiger partial charge is 0.0848 e. The third-order valence-electron chi connectivity index (χ3n) is 11.3. The SMILES string of the molecule is CN1c2ccccc2CNC1C1CN(C2CNC3SC4NCC(N5CC(C6NCc7ccccc7N6)C5)=CC4C3C2)C1. The van der Waals surface area contributed by atoms with Crippen LogP contribution in [0.25, 0.3) is 0 Å². The van der Waals surface area contributed by atoms with Crippen LogP contribution in [-0.4, -0.2) is 85.2 Å². The lowest BCUT2D eigenvalue weighted by atomic mass is 9.80. The van der Waals surface area contributed by atoms with E-state index in [1.807, 2.05) is 0 Å². The van der Waals surface area contributed by atoms with Crippen LogP contribution in [0.2, 0.25) is 0 Å². The molecule has 42 heavy (non-hydrogen) atoms. The number of para-hydroxylation sites is 2. The first-order valence-corrected chi connectivity index (χ1v) is 17.1. The molecule has 5 N–H and O–H groups in total. The minimum absolute atomic E-state index is 0.370. The van der Waals surface area contributed by atoms with Gasteiger partial charge < -0.3 is 20.4 Å². The highest BCUT2D eigenvalue weighted by Gasteiger charge is 2.50. The third kappa shape index (κ3) is 4.39. The number of nitrogens with zero attached hydrogens (tertiary/aromatic N) is 3. The van der Waals surface area contributed by atoms with Crippen molar-refractivity contribution in [1.82, 2.24) is 31.1 Å². The Bertz CT molecular complexity index is 1360. The maximum atomic E-state index is 3.98. The lowest BCUT2D eigenvalue weighted by molar-refractivity contribution is 0.00709. The molecule has 0 aromatic heterocycles. The molecule has 4 fully saturated rings. The molecule has 2 aromatic rings. The zero-order chi connectivity index (χ0) is 27.8. The lowest BCUT2D eigenvalue weighted by Crippen LogP contribution is -2.66. The number of anilines is 2. The van der Waals surface area contributed by atoms with Gasteiger partial charge in [0.2, 0.25) is 0 Å². The summed E-state index contributed by atoms with van der Waals surface area (Å²) in [5.41, 5.74) is 7.02.